The molecule has 2 aliphatic rings. The summed E-state index contributed by atoms with van der Waals surface area (Å²) in [7, 11) is -2.16. The van der Waals surface area contributed by atoms with Gasteiger partial charge in [0.2, 0.25) is 15.9 Å². The lowest BCUT2D eigenvalue weighted by Crippen LogP contribution is -2.36. The lowest BCUT2D eigenvalue weighted by molar-refractivity contribution is -0.119. The number of amides is 1. The molecule has 9 nitrogen and oxygen atoms in total. The minimum Gasteiger partial charge on any atom is -0.310 e. The van der Waals surface area contributed by atoms with Crippen molar-refractivity contribution in [2.24, 2.45) is 0 Å². The Hall–Kier alpha value is -2.46. The molecule has 0 radical (unpaired) electrons. The van der Waals surface area contributed by atoms with Crippen LogP contribution in [0.25, 0.3) is 0 Å². The molecule has 1 amide bonds. The summed E-state index contributed by atoms with van der Waals surface area (Å²) >= 11 is 0. The molecule has 0 saturated heterocycles. The van der Waals surface area contributed by atoms with Crippen molar-refractivity contribution in [3.8, 4) is 0 Å². The van der Waals surface area contributed by atoms with Crippen LogP contribution in [0.4, 0.5) is 5.69 Å². The van der Waals surface area contributed by atoms with Crippen LogP contribution in [0.5, 0.6) is 0 Å². The summed E-state index contributed by atoms with van der Waals surface area (Å²) in [4.78, 5) is 27.2. The van der Waals surface area contributed by atoms with Crippen molar-refractivity contribution in [3.63, 3.8) is 0 Å². The second-order valence-corrected chi connectivity index (χ2v) is 9.00. The van der Waals surface area contributed by atoms with Gasteiger partial charge in [-0.1, -0.05) is 6.42 Å². The number of hydrogen-bond donors (Lipinski definition) is 1. The van der Waals surface area contributed by atoms with E-state index in [9.17, 15) is 18.0 Å². The third-order valence-corrected chi connectivity index (χ3v) is 6.81. The highest BCUT2D eigenvalue weighted by Crippen LogP contribution is 2.30. The average Bonchev–Trinajstić information content (AvgIpc) is 3.14. The van der Waals surface area contributed by atoms with E-state index in [1.54, 1.807) is 21.6 Å². The zero-order valence-electron chi connectivity index (χ0n) is 15.7. The molecule has 10 heteroatoms. The summed E-state index contributed by atoms with van der Waals surface area (Å²) in [6.07, 6.45) is 4.36. The van der Waals surface area contributed by atoms with Crippen LogP contribution in [0.2, 0.25) is 0 Å². The van der Waals surface area contributed by atoms with Gasteiger partial charge in [-0.15, -0.1) is 0 Å². The number of fused-ring (bicyclic) bond motifs is 2. The summed E-state index contributed by atoms with van der Waals surface area (Å²) in [5.41, 5.74) is 1.26. The van der Waals surface area contributed by atoms with E-state index in [0.717, 1.165) is 37.1 Å². The molecular weight excluding hydrogens is 382 g/mol. The molecule has 2 aromatic rings. The van der Waals surface area contributed by atoms with Crippen LogP contribution in [0.15, 0.2) is 27.9 Å². The molecule has 0 aliphatic carbocycles. The number of carbonyl (C=O) groups excluding carboxylic acids is 1. The molecule has 0 spiro atoms. The van der Waals surface area contributed by atoms with Crippen molar-refractivity contribution in [2.75, 3.05) is 18.5 Å². The maximum atomic E-state index is 12.8. The van der Waals surface area contributed by atoms with Crippen LogP contribution in [-0.2, 0) is 40.7 Å². The van der Waals surface area contributed by atoms with Gasteiger partial charge in [0.05, 0.1) is 4.90 Å². The Labute approximate surface area is 163 Å². The van der Waals surface area contributed by atoms with E-state index in [1.165, 1.54) is 17.8 Å². The Bertz CT molecular complexity index is 1090. The van der Waals surface area contributed by atoms with E-state index in [0.29, 0.717) is 25.2 Å². The Kier molecular flexibility index (Phi) is 4.84. The Morgan fingerprint density at radius 3 is 2.79 bits per heavy atom. The largest absolute Gasteiger partial charge is 0.346 e. The molecular formula is C18H23N5O4S. The first-order valence-electron chi connectivity index (χ1n) is 9.44. The molecule has 0 atom stereocenters. The number of benzene rings is 1. The normalized spacial score (nSPS) is 16.5. The predicted octanol–water partition coefficient (Wildman–Crippen LogP) is 0.269. The van der Waals surface area contributed by atoms with E-state index < -0.39 is 10.0 Å². The number of aromatic nitrogens is 3. The molecule has 0 fully saturated rings. The molecule has 1 aromatic carbocycles. The third-order valence-electron chi connectivity index (χ3n) is 5.39. The molecule has 150 valence electrons. The fraction of sp³-hybridized carbons (Fsp3) is 0.500. The minimum atomic E-state index is -3.53. The number of nitrogens with zero attached hydrogens (tertiary/aromatic N) is 4. The third kappa shape index (κ3) is 3.26. The Balaban J connectivity index is 1.56. The lowest BCUT2D eigenvalue weighted by atomic mass is 10.2. The number of sulfonamides is 1. The molecule has 1 aromatic heterocycles. The van der Waals surface area contributed by atoms with E-state index in [4.69, 9.17) is 0 Å². The number of rotatable bonds is 4. The van der Waals surface area contributed by atoms with Gasteiger partial charge in [-0.3, -0.25) is 9.36 Å². The first kappa shape index (κ1) is 18.9. The van der Waals surface area contributed by atoms with Gasteiger partial charge in [-0.05, 0) is 50.1 Å². The van der Waals surface area contributed by atoms with Crippen molar-refractivity contribution in [1.82, 2.24) is 19.1 Å². The average molecular weight is 405 g/mol. The van der Waals surface area contributed by atoms with Gasteiger partial charge in [0.25, 0.3) is 0 Å². The SMILES string of the molecule is CNS(=O)(=O)c1ccc2c(c1)CCN2C(=O)Cn1nc2n(c1=O)CCCCC2. The summed E-state index contributed by atoms with van der Waals surface area (Å²) in [5.74, 6) is 0.525. The number of carbonyl (C=O) groups is 1. The summed E-state index contributed by atoms with van der Waals surface area (Å²) < 4.78 is 29.2. The molecule has 0 bridgehead atoms. The van der Waals surface area contributed by atoms with Crippen molar-refractivity contribution in [2.45, 2.75) is 50.1 Å². The first-order valence-corrected chi connectivity index (χ1v) is 10.9. The summed E-state index contributed by atoms with van der Waals surface area (Å²) in [5, 5.41) is 4.37. The first-order chi connectivity index (χ1) is 13.4. The molecule has 28 heavy (non-hydrogen) atoms. The van der Waals surface area contributed by atoms with Gasteiger partial charge in [0.15, 0.2) is 0 Å². The fourth-order valence-electron chi connectivity index (χ4n) is 3.86. The van der Waals surface area contributed by atoms with Gasteiger partial charge in [0, 0.05) is 25.2 Å². The maximum absolute atomic E-state index is 12.8. The van der Waals surface area contributed by atoms with Crippen LogP contribution < -0.4 is 15.3 Å². The standard InChI is InChI=1S/C18H23N5O4S/c1-19-28(26,27)14-6-7-15-13(11-14)8-10-21(15)17(24)12-23-18(25)22-9-4-2-3-5-16(22)20-23/h6-7,11,19H,2-5,8-10,12H2,1H3. The maximum Gasteiger partial charge on any atom is 0.346 e. The number of nitrogens with one attached hydrogen (secondary N) is 1. The van der Waals surface area contributed by atoms with Crippen molar-refractivity contribution >= 4 is 21.6 Å². The molecule has 0 saturated carbocycles. The second-order valence-electron chi connectivity index (χ2n) is 7.11. The quantitative estimate of drug-likeness (QED) is 0.786. The van der Waals surface area contributed by atoms with Crippen LogP contribution in [0.3, 0.4) is 0 Å². The fourth-order valence-corrected chi connectivity index (χ4v) is 4.64. The zero-order chi connectivity index (χ0) is 19.9. The molecule has 4 rings (SSSR count). The highest BCUT2D eigenvalue weighted by molar-refractivity contribution is 7.89. The minimum absolute atomic E-state index is 0.116. The molecule has 3 heterocycles. The monoisotopic (exact) mass is 405 g/mol. The highest BCUT2D eigenvalue weighted by Gasteiger charge is 2.27. The lowest BCUT2D eigenvalue weighted by Gasteiger charge is -2.17. The molecule has 2 aliphatic heterocycles. The van der Waals surface area contributed by atoms with E-state index >= 15 is 0 Å². The van der Waals surface area contributed by atoms with Crippen molar-refractivity contribution in [1.29, 1.82) is 0 Å². The second kappa shape index (κ2) is 7.17. The van der Waals surface area contributed by atoms with Gasteiger partial charge in [-0.2, -0.15) is 5.10 Å². The van der Waals surface area contributed by atoms with Crippen LogP contribution in [-0.4, -0.2) is 42.3 Å². The summed E-state index contributed by atoms with van der Waals surface area (Å²) in [6, 6.07) is 4.73. The molecule has 1 N–H and O–H groups in total. The van der Waals surface area contributed by atoms with Gasteiger partial charge >= 0.3 is 5.69 Å². The van der Waals surface area contributed by atoms with Gasteiger partial charge in [0.1, 0.15) is 12.4 Å². The van der Waals surface area contributed by atoms with Gasteiger partial charge in [-0.25, -0.2) is 22.6 Å². The summed E-state index contributed by atoms with van der Waals surface area (Å²) in [6.45, 7) is 0.992. The van der Waals surface area contributed by atoms with Gasteiger partial charge < -0.3 is 4.90 Å². The Morgan fingerprint density at radius 1 is 1.18 bits per heavy atom. The van der Waals surface area contributed by atoms with Crippen LogP contribution in [0.1, 0.15) is 30.7 Å². The topological polar surface area (TPSA) is 106 Å². The number of aryl methyl sites for hydroxylation is 1. The number of anilines is 1. The molecule has 0 unspecified atom stereocenters. The smallest absolute Gasteiger partial charge is 0.310 e. The van der Waals surface area contributed by atoms with E-state index in [2.05, 4.69) is 9.82 Å². The predicted molar refractivity (Wildman–Crippen MR) is 103 cm³/mol. The zero-order valence-corrected chi connectivity index (χ0v) is 16.5. The van der Waals surface area contributed by atoms with E-state index in [-0.39, 0.29) is 23.0 Å². The van der Waals surface area contributed by atoms with Crippen LogP contribution in [0, 0.1) is 0 Å². The Morgan fingerprint density at radius 2 is 2.00 bits per heavy atom. The van der Waals surface area contributed by atoms with Crippen molar-refractivity contribution < 1.29 is 13.2 Å². The van der Waals surface area contributed by atoms with E-state index in [1.807, 2.05) is 0 Å². The number of hydrogen-bond acceptors (Lipinski definition) is 5. The van der Waals surface area contributed by atoms with Crippen molar-refractivity contribution in [3.05, 3.63) is 40.1 Å². The van der Waals surface area contributed by atoms with Crippen LogP contribution >= 0.6 is 0 Å². The highest BCUT2D eigenvalue weighted by atomic mass is 32.2.